The molecule has 5 heteroatoms. The van der Waals surface area contributed by atoms with E-state index in [0.717, 1.165) is 25.7 Å². The number of hydrogen-bond acceptors (Lipinski definition) is 3. The third-order valence-electron chi connectivity index (χ3n) is 4.24. The Morgan fingerprint density at radius 3 is 2.29 bits per heavy atom. The molecule has 0 N–H and O–H groups in total. The topological polar surface area (TPSA) is 52.0 Å². The predicted octanol–water partition coefficient (Wildman–Crippen LogP) is 3.64. The first-order valence-electron chi connectivity index (χ1n) is 8.68. The van der Waals surface area contributed by atoms with Crippen LogP contribution in [0.3, 0.4) is 0 Å². The number of allylic oxidation sites excluding steroid dienone is 2. The Morgan fingerprint density at radius 2 is 1.83 bits per heavy atom. The van der Waals surface area contributed by atoms with Gasteiger partial charge in [0.1, 0.15) is 0 Å². The molecule has 0 atom stereocenters. The van der Waals surface area contributed by atoms with Crippen LogP contribution >= 0.6 is 0 Å². The molecule has 1 aliphatic rings. The van der Waals surface area contributed by atoms with Gasteiger partial charge in [0.25, 0.3) is 0 Å². The van der Waals surface area contributed by atoms with E-state index in [2.05, 4.69) is 25.9 Å². The Labute approximate surface area is 146 Å². The molecular formula is C19H30N2O2S. The van der Waals surface area contributed by atoms with Gasteiger partial charge < -0.3 is 0 Å². The molecule has 1 heterocycles. The van der Waals surface area contributed by atoms with Crippen molar-refractivity contribution in [3.63, 3.8) is 0 Å². The van der Waals surface area contributed by atoms with Gasteiger partial charge in [-0.2, -0.15) is 5.10 Å². The summed E-state index contributed by atoms with van der Waals surface area (Å²) in [5, 5.41) is 4.31. The quantitative estimate of drug-likeness (QED) is 0.615. The summed E-state index contributed by atoms with van der Waals surface area (Å²) in [6.07, 6.45) is 14.0. The van der Waals surface area contributed by atoms with Crippen molar-refractivity contribution in [3.8, 4) is 0 Å². The average Bonchev–Trinajstić information content (AvgIpc) is 2.98. The lowest BCUT2D eigenvalue weighted by Crippen LogP contribution is -2.33. The molecule has 0 spiro atoms. The molecule has 1 aliphatic carbocycles. The molecule has 2 rings (SSSR count). The van der Waals surface area contributed by atoms with Crippen LogP contribution in [0.1, 0.15) is 52.9 Å². The molecule has 0 amide bonds. The van der Waals surface area contributed by atoms with Crippen molar-refractivity contribution < 1.29 is 9.00 Å². The zero-order valence-electron chi connectivity index (χ0n) is 15.5. The fraction of sp³-hybridized carbons (Fsp3) is 0.632. The maximum Gasteiger partial charge on any atom is 0.176 e. The molecule has 1 aromatic heterocycles. The highest BCUT2D eigenvalue weighted by Gasteiger charge is 2.30. The summed E-state index contributed by atoms with van der Waals surface area (Å²) in [6.45, 7) is 6.23. The Hall–Kier alpha value is -1.36. The molecular weight excluding hydrogens is 320 g/mol. The first kappa shape index (κ1) is 19.0. The molecule has 0 aromatic carbocycles. The van der Waals surface area contributed by atoms with E-state index in [9.17, 15) is 9.00 Å². The van der Waals surface area contributed by atoms with Crippen molar-refractivity contribution in [3.05, 3.63) is 24.5 Å². The van der Waals surface area contributed by atoms with Crippen molar-refractivity contribution in [2.45, 2.75) is 52.9 Å². The van der Waals surface area contributed by atoms with Crippen molar-refractivity contribution >= 4 is 25.9 Å². The van der Waals surface area contributed by atoms with Crippen molar-refractivity contribution in [1.29, 1.82) is 0 Å². The Bertz CT molecular complexity index is 716. The highest BCUT2D eigenvalue weighted by molar-refractivity contribution is 8.03. The standard InChI is InChI=1S/C19H30N2O2S/c1-19(2,3)14-16(21-13-9-12-20-21)18(24(4,5)23)17(22)15-10-7-6-8-11-15/h9,12-15H,6-8,10-11H2,1-5H3/b16-14+. The molecule has 4 nitrogen and oxygen atoms in total. The highest BCUT2D eigenvalue weighted by Crippen LogP contribution is 2.28. The summed E-state index contributed by atoms with van der Waals surface area (Å²) in [6, 6.07) is 1.83. The predicted molar refractivity (Wildman–Crippen MR) is 103 cm³/mol. The lowest BCUT2D eigenvalue weighted by Gasteiger charge is -2.25. The Morgan fingerprint density at radius 1 is 1.21 bits per heavy atom. The second kappa shape index (κ2) is 7.26. The summed E-state index contributed by atoms with van der Waals surface area (Å²) in [7, 11) is -2.42. The molecule has 0 bridgehead atoms. The van der Waals surface area contributed by atoms with Gasteiger partial charge in [-0.3, -0.25) is 9.00 Å². The summed E-state index contributed by atoms with van der Waals surface area (Å²) in [4.78, 5) is 13.7. The normalized spacial score (nSPS) is 17.8. The second-order valence-electron chi connectivity index (χ2n) is 8.11. The van der Waals surface area contributed by atoms with Crippen LogP contribution in [-0.2, 0) is 14.3 Å². The summed E-state index contributed by atoms with van der Waals surface area (Å²) >= 11 is 0. The van der Waals surface area contributed by atoms with Crippen LogP contribution in [0.5, 0.6) is 0 Å². The minimum Gasteiger partial charge on any atom is -0.293 e. The lowest BCUT2D eigenvalue weighted by molar-refractivity contribution is -0.117. The second-order valence-corrected chi connectivity index (χ2v) is 11.0. The molecule has 0 aliphatic heterocycles. The monoisotopic (exact) mass is 350 g/mol. The van der Waals surface area contributed by atoms with Gasteiger partial charge in [0, 0.05) is 30.8 Å². The van der Waals surface area contributed by atoms with Gasteiger partial charge in [-0.15, -0.1) is 0 Å². The van der Waals surface area contributed by atoms with Crippen molar-refractivity contribution in [1.82, 2.24) is 9.78 Å². The SMILES string of the molecule is CC(C)(C)/C=C(\C(C(=O)C1CCCCC1)=S(C)(C)=O)n1cccn1. The third kappa shape index (κ3) is 4.82. The first-order chi connectivity index (χ1) is 11.1. The van der Waals surface area contributed by atoms with Crippen LogP contribution in [0.15, 0.2) is 24.5 Å². The molecule has 24 heavy (non-hydrogen) atoms. The van der Waals surface area contributed by atoms with Gasteiger partial charge in [-0.1, -0.05) is 46.1 Å². The maximum atomic E-state index is 13.3. The van der Waals surface area contributed by atoms with Crippen LogP contribution in [0.4, 0.5) is 0 Å². The van der Waals surface area contributed by atoms with Gasteiger partial charge in [0.15, 0.2) is 5.78 Å². The summed E-state index contributed by atoms with van der Waals surface area (Å²) in [5.41, 5.74) is 0.530. The number of aromatic nitrogens is 2. The number of hydrogen-bond donors (Lipinski definition) is 0. The Balaban J connectivity index is 2.59. The number of Topliss-reactive ketones (excluding diaryl/α,β-unsaturated/α-hetero) is 1. The fourth-order valence-electron chi connectivity index (χ4n) is 3.23. The van der Waals surface area contributed by atoms with Crippen LogP contribution < -0.4 is 0 Å². The highest BCUT2D eigenvalue weighted by atomic mass is 32.2. The van der Waals surface area contributed by atoms with Crippen molar-refractivity contribution in [2.24, 2.45) is 11.3 Å². The number of carbonyl (C=O) groups excluding carboxylic acids is 1. The molecule has 0 unspecified atom stereocenters. The Kier molecular flexibility index (Phi) is 5.74. The van der Waals surface area contributed by atoms with Gasteiger partial charge in [0.2, 0.25) is 0 Å². The van der Waals surface area contributed by atoms with Crippen LogP contribution in [0, 0.1) is 11.3 Å². The summed E-state index contributed by atoms with van der Waals surface area (Å²) in [5.74, 6) is 0.0455. The third-order valence-corrected chi connectivity index (χ3v) is 5.64. The van der Waals surface area contributed by atoms with Crippen LogP contribution in [-0.4, -0.2) is 37.1 Å². The number of nitrogens with zero attached hydrogens (tertiary/aromatic N) is 2. The molecule has 0 saturated heterocycles. The molecule has 134 valence electrons. The minimum atomic E-state index is -2.42. The fourth-order valence-corrected chi connectivity index (χ4v) is 4.53. The van der Waals surface area contributed by atoms with E-state index in [1.54, 1.807) is 23.4 Å². The summed E-state index contributed by atoms with van der Waals surface area (Å²) < 4.78 is 14.7. The van der Waals surface area contributed by atoms with Crippen molar-refractivity contribution in [2.75, 3.05) is 12.5 Å². The van der Waals surface area contributed by atoms with E-state index in [4.69, 9.17) is 0 Å². The maximum absolute atomic E-state index is 13.3. The molecule has 1 aromatic rings. The largest absolute Gasteiger partial charge is 0.293 e. The van der Waals surface area contributed by atoms with E-state index >= 15 is 0 Å². The minimum absolute atomic E-state index is 0.00611. The van der Waals surface area contributed by atoms with E-state index in [-0.39, 0.29) is 17.1 Å². The number of ketones is 1. The zero-order valence-corrected chi connectivity index (χ0v) is 16.4. The number of rotatable bonds is 4. The number of carbonyl (C=O) groups is 1. The van der Waals surface area contributed by atoms with E-state index in [1.165, 1.54) is 6.42 Å². The van der Waals surface area contributed by atoms with Gasteiger partial charge >= 0.3 is 0 Å². The van der Waals surface area contributed by atoms with Crippen LogP contribution in [0.25, 0.3) is 5.70 Å². The average molecular weight is 351 g/mol. The first-order valence-corrected chi connectivity index (χ1v) is 11.1. The zero-order chi connectivity index (χ0) is 18.0. The molecule has 1 fully saturated rings. The van der Waals surface area contributed by atoms with Gasteiger partial charge in [0.05, 0.1) is 10.6 Å². The van der Waals surface area contributed by atoms with E-state index in [0.29, 0.717) is 10.6 Å². The van der Waals surface area contributed by atoms with Gasteiger partial charge in [-0.25, -0.2) is 4.68 Å². The smallest absolute Gasteiger partial charge is 0.176 e. The van der Waals surface area contributed by atoms with E-state index < -0.39 is 9.52 Å². The lowest BCUT2D eigenvalue weighted by atomic mass is 9.84. The molecule has 0 radical (unpaired) electrons. The van der Waals surface area contributed by atoms with Gasteiger partial charge in [-0.05, 0) is 33.8 Å². The van der Waals surface area contributed by atoms with Crippen LogP contribution in [0.2, 0.25) is 0 Å². The van der Waals surface area contributed by atoms with E-state index in [1.807, 2.05) is 18.3 Å². The molecule has 1 saturated carbocycles.